The van der Waals surface area contributed by atoms with Crippen LogP contribution >= 0.6 is 0 Å². The molecule has 3 aromatic carbocycles. The molecule has 1 saturated heterocycles. The number of ether oxygens (including phenoxy) is 1. The summed E-state index contributed by atoms with van der Waals surface area (Å²) in [5.74, 6) is 0.397. The van der Waals surface area contributed by atoms with Crippen LogP contribution in [-0.2, 0) is 11.2 Å². The first-order valence-corrected chi connectivity index (χ1v) is 10.6. The van der Waals surface area contributed by atoms with E-state index in [1.807, 2.05) is 48.5 Å². The Balaban J connectivity index is 1.38. The first kappa shape index (κ1) is 21.6. The van der Waals surface area contributed by atoms with Gasteiger partial charge in [-0.15, -0.1) is 0 Å². The molecule has 1 aliphatic heterocycles. The van der Waals surface area contributed by atoms with Crippen LogP contribution in [0.2, 0.25) is 0 Å². The number of piperazine rings is 1. The number of amides is 2. The highest BCUT2D eigenvalue weighted by molar-refractivity contribution is 5.95. The van der Waals surface area contributed by atoms with Gasteiger partial charge in [0.2, 0.25) is 5.91 Å². The van der Waals surface area contributed by atoms with Crippen molar-refractivity contribution in [2.75, 3.05) is 33.3 Å². The van der Waals surface area contributed by atoms with Crippen LogP contribution in [0.1, 0.15) is 15.9 Å². The number of hydrogen-bond donors (Lipinski definition) is 0. The second-order valence-electron chi connectivity index (χ2n) is 7.79. The summed E-state index contributed by atoms with van der Waals surface area (Å²) in [5, 5.41) is 0. The monoisotopic (exact) mass is 432 g/mol. The first-order valence-electron chi connectivity index (χ1n) is 10.6. The van der Waals surface area contributed by atoms with Gasteiger partial charge in [-0.2, -0.15) is 0 Å². The topological polar surface area (TPSA) is 49.9 Å². The minimum Gasteiger partial charge on any atom is -0.497 e. The average Bonchev–Trinajstić information content (AvgIpc) is 2.85. The second-order valence-corrected chi connectivity index (χ2v) is 7.79. The molecule has 1 heterocycles. The van der Waals surface area contributed by atoms with E-state index in [2.05, 4.69) is 0 Å². The third-order valence-corrected chi connectivity index (χ3v) is 5.70. The predicted octanol–water partition coefficient (Wildman–Crippen LogP) is 4.03. The highest BCUT2D eigenvalue weighted by Gasteiger charge is 2.25. The average molecular weight is 432 g/mol. The quantitative estimate of drug-likeness (QED) is 0.612. The van der Waals surface area contributed by atoms with Gasteiger partial charge in [-0.05, 0) is 53.1 Å². The van der Waals surface area contributed by atoms with E-state index in [-0.39, 0.29) is 24.1 Å². The number of nitrogens with zero attached hydrogens (tertiary/aromatic N) is 2. The van der Waals surface area contributed by atoms with Gasteiger partial charge in [0.1, 0.15) is 11.6 Å². The van der Waals surface area contributed by atoms with Crippen molar-refractivity contribution >= 4 is 11.8 Å². The zero-order valence-corrected chi connectivity index (χ0v) is 18.0. The lowest BCUT2D eigenvalue weighted by Crippen LogP contribution is -2.51. The third-order valence-electron chi connectivity index (χ3n) is 5.70. The molecular weight excluding hydrogens is 407 g/mol. The number of benzene rings is 3. The Morgan fingerprint density at radius 3 is 2.16 bits per heavy atom. The van der Waals surface area contributed by atoms with E-state index in [4.69, 9.17) is 4.74 Å². The maximum Gasteiger partial charge on any atom is 0.253 e. The highest BCUT2D eigenvalue weighted by atomic mass is 19.1. The number of carbonyl (C=O) groups excluding carboxylic acids is 2. The predicted molar refractivity (Wildman–Crippen MR) is 121 cm³/mol. The normalized spacial score (nSPS) is 13.7. The Morgan fingerprint density at radius 1 is 0.844 bits per heavy atom. The first-order chi connectivity index (χ1) is 15.5. The Hall–Kier alpha value is -3.67. The van der Waals surface area contributed by atoms with Gasteiger partial charge >= 0.3 is 0 Å². The molecule has 2 amide bonds. The molecule has 0 atom stereocenters. The van der Waals surface area contributed by atoms with E-state index in [1.54, 1.807) is 29.0 Å². The third kappa shape index (κ3) is 4.97. The van der Waals surface area contributed by atoms with Gasteiger partial charge < -0.3 is 14.5 Å². The lowest BCUT2D eigenvalue weighted by Gasteiger charge is -2.35. The zero-order chi connectivity index (χ0) is 22.5. The molecule has 0 N–H and O–H groups in total. The summed E-state index contributed by atoms with van der Waals surface area (Å²) in [6.07, 6.45) is 0.233. The molecule has 0 aromatic heterocycles. The van der Waals surface area contributed by atoms with Crippen LogP contribution in [0, 0.1) is 5.82 Å². The molecule has 0 unspecified atom stereocenters. The largest absolute Gasteiger partial charge is 0.497 e. The van der Waals surface area contributed by atoms with Crippen molar-refractivity contribution in [2.24, 2.45) is 0 Å². The maximum atomic E-state index is 13.1. The number of hydrogen-bond acceptors (Lipinski definition) is 3. The standard InChI is InChI=1S/C26H25FN2O3/c1-32-24-7-3-5-21(18-24)20-4-2-6-22(17-20)26(31)29-14-12-28(13-15-29)25(30)16-19-8-10-23(27)11-9-19/h2-11,17-18H,12-16H2,1H3. The minimum absolute atomic E-state index is 0.0104. The van der Waals surface area contributed by atoms with Crippen molar-refractivity contribution in [2.45, 2.75) is 6.42 Å². The van der Waals surface area contributed by atoms with Crippen LogP contribution in [0.5, 0.6) is 5.75 Å². The van der Waals surface area contributed by atoms with Crippen LogP contribution in [0.25, 0.3) is 11.1 Å². The van der Waals surface area contributed by atoms with E-state index in [0.717, 1.165) is 22.4 Å². The second kappa shape index (κ2) is 9.64. The van der Waals surface area contributed by atoms with Crippen molar-refractivity contribution < 1.29 is 18.7 Å². The van der Waals surface area contributed by atoms with Gasteiger partial charge in [0.05, 0.1) is 13.5 Å². The van der Waals surface area contributed by atoms with E-state index >= 15 is 0 Å². The van der Waals surface area contributed by atoms with Crippen molar-refractivity contribution in [3.63, 3.8) is 0 Å². The van der Waals surface area contributed by atoms with Crippen LogP contribution in [0.15, 0.2) is 72.8 Å². The van der Waals surface area contributed by atoms with Gasteiger partial charge in [-0.25, -0.2) is 4.39 Å². The summed E-state index contributed by atoms with van der Waals surface area (Å²) in [7, 11) is 1.63. The summed E-state index contributed by atoms with van der Waals surface area (Å²) in [6, 6.07) is 21.3. The molecule has 4 rings (SSSR count). The summed E-state index contributed by atoms with van der Waals surface area (Å²) in [6.45, 7) is 1.94. The fourth-order valence-corrected chi connectivity index (χ4v) is 3.86. The molecule has 3 aromatic rings. The number of carbonyl (C=O) groups is 2. The Morgan fingerprint density at radius 2 is 1.47 bits per heavy atom. The molecular formula is C26H25FN2O3. The Kier molecular flexibility index (Phi) is 6.50. The summed E-state index contributed by atoms with van der Waals surface area (Å²) >= 11 is 0. The van der Waals surface area contributed by atoms with Gasteiger partial charge in [0.25, 0.3) is 5.91 Å². The zero-order valence-electron chi connectivity index (χ0n) is 18.0. The van der Waals surface area contributed by atoms with Crippen LogP contribution in [0.4, 0.5) is 4.39 Å². The fourth-order valence-electron chi connectivity index (χ4n) is 3.86. The molecule has 164 valence electrons. The molecule has 0 bridgehead atoms. The van der Waals surface area contributed by atoms with Crippen molar-refractivity contribution in [3.8, 4) is 16.9 Å². The molecule has 1 fully saturated rings. The van der Waals surface area contributed by atoms with Crippen molar-refractivity contribution in [3.05, 3.63) is 89.7 Å². The van der Waals surface area contributed by atoms with Gasteiger partial charge in [0, 0.05) is 31.7 Å². The number of rotatable bonds is 5. The highest BCUT2D eigenvalue weighted by Crippen LogP contribution is 2.25. The van der Waals surface area contributed by atoms with Crippen LogP contribution in [0.3, 0.4) is 0 Å². The smallest absolute Gasteiger partial charge is 0.253 e. The number of methoxy groups -OCH3 is 1. The van der Waals surface area contributed by atoms with Crippen LogP contribution < -0.4 is 4.74 Å². The fraction of sp³-hybridized carbons (Fsp3) is 0.231. The Labute approximate surface area is 187 Å². The molecule has 0 radical (unpaired) electrons. The van der Waals surface area contributed by atoms with Crippen molar-refractivity contribution in [1.82, 2.24) is 9.80 Å². The SMILES string of the molecule is COc1cccc(-c2cccc(C(=O)N3CCN(C(=O)Cc4ccc(F)cc4)CC3)c2)c1. The van der Waals surface area contributed by atoms with E-state index in [1.165, 1.54) is 12.1 Å². The van der Waals surface area contributed by atoms with Gasteiger partial charge in [-0.3, -0.25) is 9.59 Å². The minimum atomic E-state index is -0.316. The molecule has 32 heavy (non-hydrogen) atoms. The van der Waals surface area contributed by atoms with Crippen LogP contribution in [-0.4, -0.2) is 54.9 Å². The van der Waals surface area contributed by atoms with E-state index in [9.17, 15) is 14.0 Å². The van der Waals surface area contributed by atoms with Gasteiger partial charge in [0.15, 0.2) is 0 Å². The molecule has 6 heteroatoms. The lowest BCUT2D eigenvalue weighted by molar-refractivity contribution is -0.131. The molecule has 0 aliphatic carbocycles. The molecule has 5 nitrogen and oxygen atoms in total. The molecule has 0 saturated carbocycles. The van der Waals surface area contributed by atoms with Gasteiger partial charge in [-0.1, -0.05) is 36.4 Å². The summed E-state index contributed by atoms with van der Waals surface area (Å²) in [5.41, 5.74) is 3.33. The number of halogens is 1. The summed E-state index contributed by atoms with van der Waals surface area (Å²) in [4.78, 5) is 29.2. The Bertz CT molecular complexity index is 1110. The van der Waals surface area contributed by atoms with Crippen molar-refractivity contribution in [1.29, 1.82) is 0 Å². The lowest BCUT2D eigenvalue weighted by atomic mass is 10.0. The molecule has 1 aliphatic rings. The van der Waals surface area contributed by atoms with E-state index in [0.29, 0.717) is 31.7 Å². The maximum absolute atomic E-state index is 13.1. The summed E-state index contributed by atoms with van der Waals surface area (Å²) < 4.78 is 18.4. The van der Waals surface area contributed by atoms with E-state index < -0.39 is 0 Å². The molecule has 0 spiro atoms.